The summed E-state index contributed by atoms with van der Waals surface area (Å²) in [5.74, 6) is 0.989. The molecule has 0 bridgehead atoms. The van der Waals surface area contributed by atoms with Gasteiger partial charge in [0, 0.05) is 59.1 Å². The maximum atomic E-state index is 5.14. The quantitative estimate of drug-likeness (QED) is 0.731. The lowest BCUT2D eigenvalue weighted by atomic mass is 10.0. The molecule has 0 aliphatic carbocycles. The van der Waals surface area contributed by atoms with Crippen molar-refractivity contribution in [3.8, 4) is 0 Å². The van der Waals surface area contributed by atoms with Gasteiger partial charge in [0.25, 0.3) is 0 Å². The lowest BCUT2D eigenvalue weighted by Crippen LogP contribution is -2.45. The molecule has 1 N–H and O–H groups in total. The zero-order valence-corrected chi connectivity index (χ0v) is 18.0. The van der Waals surface area contributed by atoms with Gasteiger partial charge in [-0.25, -0.2) is 4.98 Å². The van der Waals surface area contributed by atoms with Crippen LogP contribution >= 0.6 is 12.4 Å². The molecule has 0 radical (unpaired) electrons. The molecule has 28 heavy (non-hydrogen) atoms. The molecule has 0 amide bonds. The minimum Gasteiger partial charge on any atom is -0.383 e. The summed E-state index contributed by atoms with van der Waals surface area (Å²) >= 11 is 0. The van der Waals surface area contributed by atoms with E-state index in [1.807, 2.05) is 13.2 Å². The van der Waals surface area contributed by atoms with Crippen LogP contribution in [0.15, 0.2) is 42.6 Å². The summed E-state index contributed by atoms with van der Waals surface area (Å²) < 4.78 is 5.14. The van der Waals surface area contributed by atoms with Crippen LogP contribution in [0.1, 0.15) is 29.7 Å². The summed E-state index contributed by atoms with van der Waals surface area (Å²) in [6.45, 7) is 7.76. The Morgan fingerprint density at radius 3 is 2.57 bits per heavy atom. The van der Waals surface area contributed by atoms with Crippen LogP contribution in [0.25, 0.3) is 0 Å². The lowest BCUT2D eigenvalue weighted by Gasteiger charge is -2.36. The molecule has 0 spiro atoms. The van der Waals surface area contributed by atoms with Gasteiger partial charge in [-0.2, -0.15) is 0 Å². The van der Waals surface area contributed by atoms with Crippen LogP contribution in [0.4, 0.5) is 5.82 Å². The molecule has 1 unspecified atom stereocenters. The number of aryl methyl sites for hydroxylation is 1. The summed E-state index contributed by atoms with van der Waals surface area (Å²) in [6, 6.07) is 13.8. The normalized spacial score (nSPS) is 17.2. The maximum absolute atomic E-state index is 5.14. The highest BCUT2D eigenvalue weighted by atomic mass is 35.5. The van der Waals surface area contributed by atoms with Gasteiger partial charge < -0.3 is 15.0 Å². The molecule has 1 aliphatic heterocycles. The van der Waals surface area contributed by atoms with Crippen molar-refractivity contribution in [1.29, 1.82) is 0 Å². The van der Waals surface area contributed by atoms with E-state index in [9.17, 15) is 0 Å². The molecule has 154 valence electrons. The van der Waals surface area contributed by atoms with Gasteiger partial charge in [0.05, 0.1) is 6.61 Å². The van der Waals surface area contributed by atoms with Crippen LogP contribution in [0, 0.1) is 0 Å². The number of methoxy groups -OCH3 is 1. The van der Waals surface area contributed by atoms with Crippen LogP contribution < -0.4 is 10.2 Å². The summed E-state index contributed by atoms with van der Waals surface area (Å²) in [4.78, 5) is 9.33. The molecule has 5 nitrogen and oxygen atoms in total. The first-order valence-corrected chi connectivity index (χ1v) is 9.90. The number of piperazine rings is 1. The van der Waals surface area contributed by atoms with Crippen LogP contribution in [0.2, 0.25) is 0 Å². The van der Waals surface area contributed by atoms with E-state index in [0.29, 0.717) is 12.6 Å². The molecule has 1 atom stereocenters. The highest BCUT2D eigenvalue weighted by molar-refractivity contribution is 5.85. The third-order valence-corrected chi connectivity index (χ3v) is 5.34. The minimum atomic E-state index is 0. The fourth-order valence-corrected chi connectivity index (χ4v) is 3.55. The summed E-state index contributed by atoms with van der Waals surface area (Å²) in [5, 5.41) is 3.55. The Labute approximate surface area is 175 Å². The van der Waals surface area contributed by atoms with Crippen molar-refractivity contribution in [2.45, 2.75) is 25.9 Å². The topological polar surface area (TPSA) is 40.6 Å². The fourth-order valence-electron chi connectivity index (χ4n) is 3.55. The first kappa shape index (κ1) is 22.6. The standard InChI is InChI=1S/C22H32N4O.ClH/c1-4-18-5-8-20(9-6-18)21-16-23-11-12-26(21)17-19-7-10-22(24-15-19)25(2)13-14-27-3;/h5-10,15,21,23H,4,11-14,16-17H2,1-3H3;1H. The first-order chi connectivity index (χ1) is 13.2. The average molecular weight is 405 g/mol. The number of anilines is 1. The predicted octanol–water partition coefficient (Wildman–Crippen LogP) is 3.29. The number of benzene rings is 1. The van der Waals surface area contributed by atoms with Crippen molar-refractivity contribution < 1.29 is 4.74 Å². The van der Waals surface area contributed by atoms with Gasteiger partial charge in [0.15, 0.2) is 0 Å². The number of aromatic nitrogens is 1. The third-order valence-electron chi connectivity index (χ3n) is 5.34. The van der Waals surface area contributed by atoms with Gasteiger partial charge in [-0.15, -0.1) is 12.4 Å². The van der Waals surface area contributed by atoms with E-state index in [2.05, 4.69) is 63.4 Å². The number of nitrogens with zero attached hydrogens (tertiary/aromatic N) is 3. The van der Waals surface area contributed by atoms with E-state index in [1.54, 1.807) is 7.11 Å². The molecule has 2 heterocycles. The van der Waals surface area contributed by atoms with Gasteiger partial charge >= 0.3 is 0 Å². The largest absolute Gasteiger partial charge is 0.383 e. The monoisotopic (exact) mass is 404 g/mol. The Bertz CT molecular complexity index is 693. The van der Waals surface area contributed by atoms with Gasteiger partial charge in [-0.1, -0.05) is 37.3 Å². The summed E-state index contributed by atoms with van der Waals surface area (Å²) in [7, 11) is 3.78. The van der Waals surface area contributed by atoms with Crippen LogP contribution in [-0.2, 0) is 17.7 Å². The molecule has 0 saturated carbocycles. The van der Waals surface area contributed by atoms with Crippen molar-refractivity contribution in [1.82, 2.24) is 15.2 Å². The van der Waals surface area contributed by atoms with Gasteiger partial charge in [0.1, 0.15) is 5.82 Å². The summed E-state index contributed by atoms with van der Waals surface area (Å²) in [5.41, 5.74) is 4.05. The molecule has 1 aromatic carbocycles. The molecule has 1 fully saturated rings. The number of hydrogen-bond donors (Lipinski definition) is 1. The number of ether oxygens (including phenoxy) is 1. The number of rotatable bonds is 8. The highest BCUT2D eigenvalue weighted by Crippen LogP contribution is 2.25. The Kier molecular flexibility index (Phi) is 9.19. The summed E-state index contributed by atoms with van der Waals surface area (Å²) in [6.07, 6.45) is 3.10. The van der Waals surface area contributed by atoms with Gasteiger partial charge in [0.2, 0.25) is 0 Å². The fraction of sp³-hybridized carbons (Fsp3) is 0.500. The van der Waals surface area contributed by atoms with E-state index < -0.39 is 0 Å². The second kappa shape index (κ2) is 11.4. The van der Waals surface area contributed by atoms with Crippen molar-refractivity contribution >= 4 is 18.2 Å². The van der Waals surface area contributed by atoms with Crippen molar-refractivity contribution in [2.75, 3.05) is 51.8 Å². The average Bonchev–Trinajstić information content (AvgIpc) is 2.73. The minimum absolute atomic E-state index is 0. The number of likely N-dealkylation sites (N-methyl/N-ethyl adjacent to an activating group) is 1. The molecule has 1 aliphatic rings. The van der Waals surface area contributed by atoms with E-state index in [1.165, 1.54) is 16.7 Å². The number of hydrogen-bond acceptors (Lipinski definition) is 5. The van der Waals surface area contributed by atoms with Gasteiger partial charge in [-0.05, 0) is 29.2 Å². The zero-order valence-electron chi connectivity index (χ0n) is 17.2. The van der Waals surface area contributed by atoms with E-state index in [0.717, 1.165) is 45.0 Å². The van der Waals surface area contributed by atoms with Crippen molar-refractivity contribution in [3.05, 3.63) is 59.3 Å². The molecule has 6 heteroatoms. The number of halogens is 1. The molecule has 2 aromatic rings. The van der Waals surface area contributed by atoms with Crippen molar-refractivity contribution in [3.63, 3.8) is 0 Å². The Morgan fingerprint density at radius 2 is 1.93 bits per heavy atom. The van der Waals surface area contributed by atoms with E-state index >= 15 is 0 Å². The Morgan fingerprint density at radius 1 is 1.18 bits per heavy atom. The highest BCUT2D eigenvalue weighted by Gasteiger charge is 2.23. The van der Waals surface area contributed by atoms with Crippen molar-refractivity contribution in [2.24, 2.45) is 0 Å². The molecular weight excluding hydrogens is 372 g/mol. The zero-order chi connectivity index (χ0) is 19.1. The molecule has 1 saturated heterocycles. The van der Waals surface area contributed by atoms with Crippen LogP contribution in [0.5, 0.6) is 0 Å². The molecular formula is C22H33ClN4O. The molecule has 3 rings (SSSR count). The Balaban J connectivity index is 0.00000280. The second-order valence-electron chi connectivity index (χ2n) is 7.22. The smallest absolute Gasteiger partial charge is 0.128 e. The van der Waals surface area contributed by atoms with E-state index in [4.69, 9.17) is 4.74 Å². The first-order valence-electron chi connectivity index (χ1n) is 9.90. The SMILES string of the molecule is CCc1ccc(C2CNCCN2Cc2ccc(N(C)CCOC)nc2)cc1.Cl. The predicted molar refractivity (Wildman–Crippen MR) is 118 cm³/mol. The maximum Gasteiger partial charge on any atom is 0.128 e. The lowest BCUT2D eigenvalue weighted by molar-refractivity contribution is 0.153. The second-order valence-corrected chi connectivity index (χ2v) is 7.22. The molecule has 1 aromatic heterocycles. The Hall–Kier alpha value is -1.66. The third kappa shape index (κ3) is 5.92. The van der Waals surface area contributed by atoms with Crippen LogP contribution in [0.3, 0.4) is 0 Å². The van der Waals surface area contributed by atoms with Crippen LogP contribution in [-0.4, -0.2) is 56.8 Å². The van der Waals surface area contributed by atoms with Gasteiger partial charge in [-0.3, -0.25) is 4.90 Å². The number of pyridine rings is 1. The number of nitrogens with one attached hydrogen (secondary N) is 1. The van der Waals surface area contributed by atoms with E-state index in [-0.39, 0.29) is 12.4 Å².